The minimum absolute atomic E-state index is 0.356. The van der Waals surface area contributed by atoms with Crippen LogP contribution in [0.1, 0.15) is 51.9 Å². The number of nitrogens with zero attached hydrogens (tertiary/aromatic N) is 2. The van der Waals surface area contributed by atoms with Crippen LogP contribution in [0.3, 0.4) is 0 Å². The van der Waals surface area contributed by atoms with Gasteiger partial charge in [-0.1, -0.05) is 12.8 Å². The quantitative estimate of drug-likeness (QED) is 0.770. The van der Waals surface area contributed by atoms with Gasteiger partial charge in [0, 0.05) is 31.6 Å². The average molecular weight is 267 g/mol. The predicted molar refractivity (Wildman–Crippen MR) is 77.9 cm³/mol. The Morgan fingerprint density at radius 3 is 2.84 bits per heavy atom. The number of hydrogen-bond acceptors (Lipinski definition) is 3. The number of hydrogen-bond donors (Lipinski definition) is 1. The first-order valence-electron chi connectivity index (χ1n) is 7.96. The van der Waals surface area contributed by atoms with E-state index in [4.69, 9.17) is 5.73 Å². The molecule has 2 atom stereocenters. The largest absolute Gasteiger partial charge is 0.337 e. The summed E-state index contributed by atoms with van der Waals surface area (Å²) in [5, 5.41) is 0. The van der Waals surface area contributed by atoms with Crippen LogP contribution in [0.2, 0.25) is 0 Å². The third kappa shape index (κ3) is 3.93. The molecule has 2 aliphatic heterocycles. The van der Waals surface area contributed by atoms with Crippen LogP contribution in [0.5, 0.6) is 0 Å². The van der Waals surface area contributed by atoms with Crippen LogP contribution in [0, 0.1) is 0 Å². The van der Waals surface area contributed by atoms with Gasteiger partial charge >= 0.3 is 0 Å². The van der Waals surface area contributed by atoms with E-state index >= 15 is 0 Å². The van der Waals surface area contributed by atoms with Crippen LogP contribution in [0.15, 0.2) is 0 Å². The number of carbonyl (C=O) groups is 1. The summed E-state index contributed by atoms with van der Waals surface area (Å²) in [7, 11) is 0. The second-order valence-corrected chi connectivity index (χ2v) is 6.14. The van der Waals surface area contributed by atoms with E-state index < -0.39 is 0 Å². The lowest BCUT2D eigenvalue weighted by molar-refractivity contribution is -0.138. The Kier molecular flexibility index (Phi) is 5.64. The van der Waals surface area contributed by atoms with Crippen molar-refractivity contribution in [3.8, 4) is 0 Å². The third-order valence-electron chi connectivity index (χ3n) is 4.60. The smallest absolute Gasteiger partial charge is 0.222 e. The Balaban J connectivity index is 1.80. The summed E-state index contributed by atoms with van der Waals surface area (Å²) in [5.74, 6) is 0.356. The zero-order valence-corrected chi connectivity index (χ0v) is 12.3. The Morgan fingerprint density at radius 1 is 1.21 bits per heavy atom. The summed E-state index contributed by atoms with van der Waals surface area (Å²) in [5.41, 5.74) is 5.48. The second kappa shape index (κ2) is 7.25. The van der Waals surface area contributed by atoms with Crippen molar-refractivity contribution in [2.75, 3.05) is 26.2 Å². The fraction of sp³-hybridized carbons (Fsp3) is 0.933. The molecule has 2 heterocycles. The molecule has 0 aromatic rings. The molecule has 19 heavy (non-hydrogen) atoms. The van der Waals surface area contributed by atoms with Crippen molar-refractivity contribution >= 4 is 5.91 Å². The molecule has 2 aliphatic rings. The standard InChI is InChI=1S/C15H29N3O/c1-13-11-17-10-6-4-7-14(17)12-18(13)15(19)8-3-2-5-9-16/h13-14H,2-12,16H2,1H3. The summed E-state index contributed by atoms with van der Waals surface area (Å²) in [4.78, 5) is 17.0. The summed E-state index contributed by atoms with van der Waals surface area (Å²) in [6.45, 7) is 6.19. The third-order valence-corrected chi connectivity index (χ3v) is 4.60. The highest BCUT2D eigenvalue weighted by molar-refractivity contribution is 5.76. The lowest BCUT2D eigenvalue weighted by atomic mass is 9.96. The van der Waals surface area contributed by atoms with Crippen molar-refractivity contribution in [1.82, 2.24) is 9.80 Å². The van der Waals surface area contributed by atoms with Crippen LogP contribution >= 0.6 is 0 Å². The van der Waals surface area contributed by atoms with Crippen molar-refractivity contribution in [3.05, 3.63) is 0 Å². The molecule has 2 N–H and O–H groups in total. The fourth-order valence-electron chi connectivity index (χ4n) is 3.44. The van der Waals surface area contributed by atoms with Crippen LogP contribution in [-0.4, -0.2) is 54.0 Å². The van der Waals surface area contributed by atoms with Gasteiger partial charge < -0.3 is 10.6 Å². The molecule has 0 aliphatic carbocycles. The van der Waals surface area contributed by atoms with Crippen molar-refractivity contribution in [2.24, 2.45) is 5.73 Å². The monoisotopic (exact) mass is 267 g/mol. The molecule has 0 bridgehead atoms. The van der Waals surface area contributed by atoms with E-state index in [9.17, 15) is 4.79 Å². The Labute approximate surface area is 117 Å². The van der Waals surface area contributed by atoms with Gasteiger partial charge in [0.25, 0.3) is 0 Å². The molecule has 2 unspecified atom stereocenters. The van der Waals surface area contributed by atoms with Crippen LogP contribution in [0.25, 0.3) is 0 Å². The van der Waals surface area contributed by atoms with E-state index in [1.54, 1.807) is 0 Å². The average Bonchev–Trinajstić information content (AvgIpc) is 2.42. The van der Waals surface area contributed by atoms with E-state index in [1.165, 1.54) is 25.8 Å². The maximum absolute atomic E-state index is 12.3. The normalized spacial score (nSPS) is 28.2. The van der Waals surface area contributed by atoms with E-state index in [-0.39, 0.29) is 0 Å². The molecule has 4 heteroatoms. The van der Waals surface area contributed by atoms with Crippen molar-refractivity contribution in [2.45, 2.75) is 64.0 Å². The number of fused-ring (bicyclic) bond motifs is 1. The predicted octanol–water partition coefficient (Wildman–Crippen LogP) is 1.59. The van der Waals surface area contributed by atoms with E-state index in [0.717, 1.165) is 38.9 Å². The Bertz CT molecular complexity index is 295. The fourth-order valence-corrected chi connectivity index (χ4v) is 3.44. The molecular weight excluding hydrogens is 238 g/mol. The number of rotatable bonds is 5. The van der Waals surface area contributed by atoms with Gasteiger partial charge in [-0.05, 0) is 45.7 Å². The minimum atomic E-state index is 0.356. The highest BCUT2D eigenvalue weighted by Gasteiger charge is 2.34. The van der Waals surface area contributed by atoms with Crippen LogP contribution in [-0.2, 0) is 4.79 Å². The first-order chi connectivity index (χ1) is 9.22. The van der Waals surface area contributed by atoms with Crippen LogP contribution in [0.4, 0.5) is 0 Å². The maximum atomic E-state index is 12.3. The highest BCUT2D eigenvalue weighted by Crippen LogP contribution is 2.24. The Hall–Kier alpha value is -0.610. The van der Waals surface area contributed by atoms with E-state index in [0.29, 0.717) is 24.4 Å². The van der Waals surface area contributed by atoms with Gasteiger partial charge in [-0.25, -0.2) is 0 Å². The summed E-state index contributed by atoms with van der Waals surface area (Å²) in [6, 6.07) is 1.01. The molecule has 2 saturated heterocycles. The molecule has 1 amide bonds. The molecule has 4 nitrogen and oxygen atoms in total. The maximum Gasteiger partial charge on any atom is 0.222 e. The van der Waals surface area contributed by atoms with Crippen LogP contribution < -0.4 is 5.73 Å². The molecule has 2 rings (SSSR count). The van der Waals surface area contributed by atoms with Crippen molar-refractivity contribution in [3.63, 3.8) is 0 Å². The molecule has 0 saturated carbocycles. The van der Waals surface area contributed by atoms with Gasteiger partial charge in [0.1, 0.15) is 0 Å². The number of amides is 1. The number of unbranched alkanes of at least 4 members (excludes halogenated alkanes) is 2. The lowest BCUT2D eigenvalue weighted by Crippen LogP contribution is -2.60. The number of piperidine rings is 1. The van der Waals surface area contributed by atoms with Gasteiger partial charge in [0.2, 0.25) is 5.91 Å². The summed E-state index contributed by atoms with van der Waals surface area (Å²) < 4.78 is 0. The van der Waals surface area contributed by atoms with Gasteiger partial charge in [0.05, 0.1) is 0 Å². The van der Waals surface area contributed by atoms with E-state index in [1.807, 2.05) is 0 Å². The van der Waals surface area contributed by atoms with E-state index in [2.05, 4.69) is 16.7 Å². The summed E-state index contributed by atoms with van der Waals surface area (Å²) in [6.07, 6.45) is 7.75. The highest BCUT2D eigenvalue weighted by atomic mass is 16.2. The minimum Gasteiger partial charge on any atom is -0.337 e. The van der Waals surface area contributed by atoms with Gasteiger partial charge in [0.15, 0.2) is 0 Å². The Morgan fingerprint density at radius 2 is 2.05 bits per heavy atom. The molecule has 0 aromatic heterocycles. The molecule has 2 fully saturated rings. The van der Waals surface area contributed by atoms with Crippen molar-refractivity contribution < 1.29 is 4.79 Å². The number of carbonyl (C=O) groups excluding carboxylic acids is 1. The number of nitrogens with two attached hydrogens (primary N) is 1. The summed E-state index contributed by atoms with van der Waals surface area (Å²) >= 11 is 0. The second-order valence-electron chi connectivity index (χ2n) is 6.14. The topological polar surface area (TPSA) is 49.6 Å². The first-order valence-corrected chi connectivity index (χ1v) is 7.96. The number of piperazine rings is 1. The molecule has 0 radical (unpaired) electrons. The zero-order valence-electron chi connectivity index (χ0n) is 12.3. The van der Waals surface area contributed by atoms with Crippen molar-refractivity contribution in [1.29, 1.82) is 0 Å². The lowest BCUT2D eigenvalue weighted by Gasteiger charge is -2.47. The molecular formula is C15H29N3O. The molecule has 0 spiro atoms. The van der Waals surface area contributed by atoms with Gasteiger partial charge in [-0.2, -0.15) is 0 Å². The van der Waals surface area contributed by atoms with Gasteiger partial charge in [-0.3, -0.25) is 9.69 Å². The van der Waals surface area contributed by atoms with Gasteiger partial charge in [-0.15, -0.1) is 0 Å². The first kappa shape index (κ1) is 14.8. The molecule has 110 valence electrons. The molecule has 0 aromatic carbocycles. The zero-order chi connectivity index (χ0) is 13.7. The SMILES string of the molecule is CC1CN2CCCCC2CN1C(=O)CCCCCN.